The maximum atomic E-state index is 13.3. The summed E-state index contributed by atoms with van der Waals surface area (Å²) in [6.45, 7) is 4.76. The highest BCUT2D eigenvalue weighted by atomic mass is 16.5. The van der Waals surface area contributed by atoms with Crippen molar-refractivity contribution >= 4 is 11.9 Å². The second-order valence-electron chi connectivity index (χ2n) is 8.48. The van der Waals surface area contributed by atoms with Gasteiger partial charge in [0.15, 0.2) is 0 Å². The molecule has 1 aliphatic heterocycles. The van der Waals surface area contributed by atoms with Crippen molar-refractivity contribution in [3.05, 3.63) is 65.2 Å². The van der Waals surface area contributed by atoms with Crippen LogP contribution < -0.4 is 4.74 Å². The number of fused-ring (bicyclic) bond motifs is 2. The van der Waals surface area contributed by atoms with Crippen LogP contribution in [0.5, 0.6) is 5.75 Å². The van der Waals surface area contributed by atoms with Crippen LogP contribution in [0.25, 0.3) is 0 Å². The molecule has 1 N–H and O–H groups in total. The van der Waals surface area contributed by atoms with Crippen LogP contribution in [-0.4, -0.2) is 41.6 Å². The number of nitrogens with zero attached hydrogens (tertiary/aromatic N) is 1. The van der Waals surface area contributed by atoms with Crippen molar-refractivity contribution in [3.63, 3.8) is 0 Å². The minimum atomic E-state index is -0.825. The van der Waals surface area contributed by atoms with Gasteiger partial charge in [0.05, 0.1) is 13.0 Å². The van der Waals surface area contributed by atoms with E-state index >= 15 is 0 Å². The lowest BCUT2D eigenvalue weighted by Gasteiger charge is -2.38. The van der Waals surface area contributed by atoms with Gasteiger partial charge in [-0.25, -0.2) is 0 Å². The summed E-state index contributed by atoms with van der Waals surface area (Å²) in [7, 11) is 1.59. The zero-order valence-corrected chi connectivity index (χ0v) is 17.0. The van der Waals surface area contributed by atoms with E-state index in [-0.39, 0.29) is 29.7 Å². The summed E-state index contributed by atoms with van der Waals surface area (Å²) in [5.41, 5.74) is 2.54. The fourth-order valence-electron chi connectivity index (χ4n) is 5.38. The van der Waals surface area contributed by atoms with Crippen molar-refractivity contribution in [2.45, 2.75) is 32.2 Å². The molecule has 2 aromatic rings. The molecule has 2 aliphatic rings. The van der Waals surface area contributed by atoms with Crippen LogP contribution in [0.15, 0.2) is 48.5 Å². The third-order valence-electron chi connectivity index (χ3n) is 6.52. The van der Waals surface area contributed by atoms with Gasteiger partial charge < -0.3 is 14.7 Å². The first-order chi connectivity index (χ1) is 13.9. The Balaban J connectivity index is 1.77. The molecule has 5 heteroatoms. The number of carbonyl (C=O) groups excluding carboxylic acids is 1. The number of amides is 1. The van der Waals surface area contributed by atoms with Crippen molar-refractivity contribution < 1.29 is 19.4 Å². The van der Waals surface area contributed by atoms with E-state index in [1.807, 2.05) is 53.4 Å². The minimum Gasteiger partial charge on any atom is -0.497 e. The van der Waals surface area contributed by atoms with Gasteiger partial charge in [-0.2, -0.15) is 0 Å². The number of aliphatic carboxylic acids is 1. The normalized spacial score (nSPS) is 25.4. The number of benzene rings is 2. The first-order valence-corrected chi connectivity index (χ1v) is 10.2. The molecule has 29 heavy (non-hydrogen) atoms. The van der Waals surface area contributed by atoms with Gasteiger partial charge >= 0.3 is 5.97 Å². The lowest BCUT2D eigenvalue weighted by Crippen LogP contribution is -2.44. The molecule has 0 saturated carbocycles. The number of rotatable bonds is 4. The Kier molecular flexibility index (Phi) is 5.07. The summed E-state index contributed by atoms with van der Waals surface area (Å²) in [6, 6.07) is 14.9. The summed E-state index contributed by atoms with van der Waals surface area (Å²) < 4.78 is 5.35. The Morgan fingerprint density at radius 2 is 1.86 bits per heavy atom. The molecule has 1 heterocycles. The van der Waals surface area contributed by atoms with Crippen LogP contribution in [0, 0.1) is 17.8 Å². The van der Waals surface area contributed by atoms with Crippen molar-refractivity contribution in [2.24, 2.45) is 17.8 Å². The standard InChI is InChI=1S/C24H27NO4/c1-14(2)22-20-17(13-25(22)23(26)15-7-5-4-6-8-15)11-16-9-10-18(29-3)12-19(16)21(20)24(27)28/h4-10,12,14,17,20-22H,11,13H2,1-3H3,(H,27,28)/t17-,20+,21+,22-/m0/s1. The number of carboxylic acids is 1. The third kappa shape index (κ3) is 3.28. The summed E-state index contributed by atoms with van der Waals surface area (Å²) in [5.74, 6) is -0.619. The molecule has 0 spiro atoms. The molecular formula is C24H27NO4. The highest BCUT2D eigenvalue weighted by Crippen LogP contribution is 2.50. The molecule has 0 radical (unpaired) electrons. The first-order valence-electron chi connectivity index (χ1n) is 10.2. The van der Waals surface area contributed by atoms with Gasteiger partial charge in [-0.15, -0.1) is 0 Å². The average Bonchev–Trinajstić information content (AvgIpc) is 3.10. The molecule has 152 valence electrons. The Morgan fingerprint density at radius 1 is 1.14 bits per heavy atom. The largest absolute Gasteiger partial charge is 0.497 e. The molecule has 5 nitrogen and oxygen atoms in total. The molecule has 1 saturated heterocycles. The highest BCUT2D eigenvalue weighted by molar-refractivity contribution is 5.95. The number of likely N-dealkylation sites (tertiary alicyclic amines) is 1. The molecule has 1 aliphatic carbocycles. The average molecular weight is 393 g/mol. The molecule has 0 aromatic heterocycles. The number of hydrogen-bond donors (Lipinski definition) is 1. The van der Waals surface area contributed by atoms with Crippen LogP contribution in [0.4, 0.5) is 0 Å². The van der Waals surface area contributed by atoms with Gasteiger partial charge in [-0.05, 0) is 53.6 Å². The molecule has 0 bridgehead atoms. The van der Waals surface area contributed by atoms with Crippen LogP contribution in [0.3, 0.4) is 0 Å². The molecular weight excluding hydrogens is 366 g/mol. The molecule has 1 amide bonds. The fraction of sp³-hybridized carbons (Fsp3) is 0.417. The van der Waals surface area contributed by atoms with Crippen LogP contribution in [0.1, 0.15) is 41.3 Å². The second kappa shape index (κ2) is 7.54. The van der Waals surface area contributed by atoms with E-state index in [9.17, 15) is 14.7 Å². The predicted octanol–water partition coefficient (Wildman–Crippen LogP) is 3.83. The first kappa shape index (κ1) is 19.5. The van der Waals surface area contributed by atoms with E-state index in [1.165, 1.54) is 0 Å². The van der Waals surface area contributed by atoms with Crippen molar-refractivity contribution in [3.8, 4) is 5.75 Å². The molecule has 4 atom stereocenters. The van der Waals surface area contributed by atoms with E-state index in [4.69, 9.17) is 4.74 Å². The fourth-order valence-corrected chi connectivity index (χ4v) is 5.38. The number of carbonyl (C=O) groups is 2. The number of carboxylic acid groups (broad SMARTS) is 1. The quantitative estimate of drug-likeness (QED) is 0.857. The van der Waals surface area contributed by atoms with Gasteiger partial charge in [0.2, 0.25) is 0 Å². The minimum absolute atomic E-state index is 0.00974. The Labute approximate surface area is 171 Å². The van der Waals surface area contributed by atoms with Crippen molar-refractivity contribution in [2.75, 3.05) is 13.7 Å². The van der Waals surface area contributed by atoms with Gasteiger partial charge in [0.25, 0.3) is 5.91 Å². The number of ether oxygens (including phenoxy) is 1. The van der Waals surface area contributed by atoms with Crippen molar-refractivity contribution in [1.29, 1.82) is 0 Å². The zero-order valence-electron chi connectivity index (χ0n) is 17.0. The molecule has 0 unspecified atom stereocenters. The summed E-state index contributed by atoms with van der Waals surface area (Å²) in [4.78, 5) is 27.7. The second-order valence-corrected chi connectivity index (χ2v) is 8.48. The smallest absolute Gasteiger partial charge is 0.311 e. The van der Waals surface area contributed by atoms with Crippen LogP contribution in [0.2, 0.25) is 0 Å². The van der Waals surface area contributed by atoms with E-state index < -0.39 is 11.9 Å². The van der Waals surface area contributed by atoms with Crippen molar-refractivity contribution in [1.82, 2.24) is 4.90 Å². The molecule has 4 rings (SSSR count). The lowest BCUT2D eigenvalue weighted by atomic mass is 9.66. The monoisotopic (exact) mass is 393 g/mol. The van der Waals surface area contributed by atoms with E-state index in [1.54, 1.807) is 7.11 Å². The maximum Gasteiger partial charge on any atom is 0.311 e. The number of hydrogen-bond acceptors (Lipinski definition) is 3. The Morgan fingerprint density at radius 3 is 2.48 bits per heavy atom. The summed E-state index contributed by atoms with van der Waals surface area (Å²) in [6.07, 6.45) is 0.787. The Hall–Kier alpha value is -2.82. The highest BCUT2D eigenvalue weighted by Gasteiger charge is 2.53. The topological polar surface area (TPSA) is 66.8 Å². The van der Waals surface area contributed by atoms with Crippen LogP contribution >= 0.6 is 0 Å². The number of methoxy groups -OCH3 is 1. The predicted molar refractivity (Wildman–Crippen MR) is 110 cm³/mol. The Bertz CT molecular complexity index is 924. The van der Waals surface area contributed by atoms with E-state index in [0.29, 0.717) is 17.9 Å². The van der Waals surface area contributed by atoms with E-state index in [0.717, 1.165) is 17.5 Å². The van der Waals surface area contributed by atoms with Gasteiger partial charge in [0, 0.05) is 24.1 Å². The van der Waals surface area contributed by atoms with Gasteiger partial charge in [-0.1, -0.05) is 38.1 Å². The van der Waals surface area contributed by atoms with E-state index in [2.05, 4.69) is 13.8 Å². The summed E-state index contributed by atoms with van der Waals surface area (Å²) in [5, 5.41) is 10.2. The van der Waals surface area contributed by atoms with Gasteiger partial charge in [-0.3, -0.25) is 9.59 Å². The summed E-state index contributed by atoms with van der Waals surface area (Å²) >= 11 is 0. The van der Waals surface area contributed by atoms with Gasteiger partial charge in [0.1, 0.15) is 5.75 Å². The third-order valence-corrected chi connectivity index (χ3v) is 6.52. The van der Waals surface area contributed by atoms with Crippen LogP contribution in [-0.2, 0) is 11.2 Å². The lowest BCUT2D eigenvalue weighted by molar-refractivity contribution is -0.141. The SMILES string of the molecule is COc1ccc2c(c1)[C@@H](C(=O)O)[C@H]1[C@@H](C2)CN(C(=O)c2ccccc2)[C@H]1C(C)C. The molecule has 1 fully saturated rings. The molecule has 2 aromatic carbocycles. The zero-order chi connectivity index (χ0) is 20.7. The maximum absolute atomic E-state index is 13.3.